The minimum Gasteiger partial charge on any atom is -0.423 e. The Hall–Kier alpha value is -1.22. The second-order valence-corrected chi connectivity index (χ2v) is 4.16. The van der Waals surface area contributed by atoms with Crippen LogP contribution in [0.2, 0.25) is 0 Å². The van der Waals surface area contributed by atoms with E-state index < -0.39 is 0 Å². The Balaban J connectivity index is 2.07. The third kappa shape index (κ3) is 2.47. The van der Waals surface area contributed by atoms with E-state index in [0.29, 0.717) is 11.9 Å². The van der Waals surface area contributed by atoms with Crippen molar-refractivity contribution in [3.8, 4) is 0 Å². The van der Waals surface area contributed by atoms with Crippen molar-refractivity contribution in [1.29, 1.82) is 0 Å². The van der Waals surface area contributed by atoms with Gasteiger partial charge in [0, 0.05) is 19.5 Å². The summed E-state index contributed by atoms with van der Waals surface area (Å²) in [4.78, 5) is 6.44. The van der Waals surface area contributed by atoms with Crippen molar-refractivity contribution in [3.63, 3.8) is 0 Å². The predicted molar refractivity (Wildman–Crippen MR) is 67.2 cm³/mol. The summed E-state index contributed by atoms with van der Waals surface area (Å²) in [5, 5.41) is 0. The van der Waals surface area contributed by atoms with E-state index in [0.717, 1.165) is 30.5 Å². The molecule has 0 saturated heterocycles. The molecule has 0 aliphatic heterocycles. The Morgan fingerprint density at radius 1 is 1.31 bits per heavy atom. The standard InChI is InChI=1S/C12H15ClN2O/c1-15(9-5-4-8-13)12-14-10-6-2-3-7-11(10)16-12/h2-3,6-7H,4-5,8-9H2,1H3. The van der Waals surface area contributed by atoms with Crippen LogP contribution in [0.3, 0.4) is 0 Å². The predicted octanol–water partition coefficient (Wildman–Crippen LogP) is 3.28. The van der Waals surface area contributed by atoms with Gasteiger partial charge in [0.1, 0.15) is 5.52 Å². The molecule has 16 heavy (non-hydrogen) atoms. The molecular weight excluding hydrogens is 224 g/mol. The molecule has 3 nitrogen and oxygen atoms in total. The second kappa shape index (κ2) is 5.21. The molecule has 0 aliphatic rings. The van der Waals surface area contributed by atoms with Crippen molar-refractivity contribution in [1.82, 2.24) is 4.98 Å². The lowest BCUT2D eigenvalue weighted by atomic mass is 10.3. The van der Waals surface area contributed by atoms with E-state index in [1.807, 2.05) is 36.2 Å². The monoisotopic (exact) mass is 238 g/mol. The molecule has 4 heteroatoms. The first-order valence-electron chi connectivity index (χ1n) is 5.44. The molecule has 1 aromatic carbocycles. The van der Waals surface area contributed by atoms with E-state index >= 15 is 0 Å². The molecule has 2 rings (SSSR count). The van der Waals surface area contributed by atoms with Gasteiger partial charge in [-0.3, -0.25) is 0 Å². The molecule has 1 heterocycles. The van der Waals surface area contributed by atoms with Gasteiger partial charge in [0.25, 0.3) is 6.01 Å². The van der Waals surface area contributed by atoms with Crippen molar-refractivity contribution in [2.24, 2.45) is 0 Å². The third-order valence-electron chi connectivity index (χ3n) is 2.49. The van der Waals surface area contributed by atoms with E-state index in [1.54, 1.807) is 0 Å². The van der Waals surface area contributed by atoms with Gasteiger partial charge in [-0.2, -0.15) is 4.98 Å². The van der Waals surface area contributed by atoms with Crippen LogP contribution in [-0.4, -0.2) is 24.5 Å². The van der Waals surface area contributed by atoms with Crippen molar-refractivity contribution < 1.29 is 4.42 Å². The third-order valence-corrected chi connectivity index (χ3v) is 2.75. The van der Waals surface area contributed by atoms with Gasteiger partial charge in [0.15, 0.2) is 5.58 Å². The van der Waals surface area contributed by atoms with Crippen molar-refractivity contribution in [2.75, 3.05) is 24.4 Å². The molecule has 0 amide bonds. The molecule has 86 valence electrons. The zero-order chi connectivity index (χ0) is 11.4. The van der Waals surface area contributed by atoms with E-state index in [9.17, 15) is 0 Å². The summed E-state index contributed by atoms with van der Waals surface area (Å²) >= 11 is 5.64. The number of nitrogens with zero attached hydrogens (tertiary/aromatic N) is 2. The van der Waals surface area contributed by atoms with E-state index in [-0.39, 0.29) is 0 Å². The van der Waals surface area contributed by atoms with Gasteiger partial charge < -0.3 is 9.32 Å². The number of aromatic nitrogens is 1. The fourth-order valence-electron chi connectivity index (χ4n) is 1.56. The number of rotatable bonds is 5. The molecule has 2 aromatic rings. The summed E-state index contributed by atoms with van der Waals surface area (Å²) in [6.45, 7) is 0.916. The van der Waals surface area contributed by atoms with Crippen LogP contribution in [0.15, 0.2) is 28.7 Å². The van der Waals surface area contributed by atoms with Gasteiger partial charge in [0.05, 0.1) is 0 Å². The summed E-state index contributed by atoms with van der Waals surface area (Å²) in [6.07, 6.45) is 2.07. The molecule has 1 aromatic heterocycles. The van der Waals surface area contributed by atoms with Crippen LogP contribution in [0.4, 0.5) is 6.01 Å². The average molecular weight is 239 g/mol. The van der Waals surface area contributed by atoms with Crippen molar-refractivity contribution >= 4 is 28.7 Å². The molecule has 0 bridgehead atoms. The highest BCUT2D eigenvalue weighted by Gasteiger charge is 2.08. The van der Waals surface area contributed by atoms with E-state index in [2.05, 4.69) is 4.98 Å². The van der Waals surface area contributed by atoms with Gasteiger partial charge in [0.2, 0.25) is 0 Å². The lowest BCUT2D eigenvalue weighted by Gasteiger charge is -2.13. The minimum absolute atomic E-state index is 0.677. The largest absolute Gasteiger partial charge is 0.423 e. The molecule has 0 N–H and O–H groups in total. The Morgan fingerprint density at radius 3 is 2.88 bits per heavy atom. The van der Waals surface area contributed by atoms with E-state index in [4.69, 9.17) is 16.0 Å². The number of oxazole rings is 1. The SMILES string of the molecule is CN(CCCCCl)c1nc2ccccc2o1. The summed E-state index contributed by atoms with van der Waals surface area (Å²) in [7, 11) is 1.99. The minimum atomic E-state index is 0.677. The topological polar surface area (TPSA) is 29.3 Å². The normalized spacial score (nSPS) is 10.9. The fraction of sp³-hybridized carbons (Fsp3) is 0.417. The maximum atomic E-state index is 5.64. The average Bonchev–Trinajstić information content (AvgIpc) is 2.73. The smallest absolute Gasteiger partial charge is 0.298 e. The number of benzene rings is 1. The Bertz CT molecular complexity index is 422. The Morgan fingerprint density at radius 2 is 2.12 bits per heavy atom. The number of hydrogen-bond acceptors (Lipinski definition) is 3. The van der Waals surface area contributed by atoms with Gasteiger partial charge in [-0.05, 0) is 25.0 Å². The highest BCUT2D eigenvalue weighted by Crippen LogP contribution is 2.20. The first-order valence-corrected chi connectivity index (χ1v) is 5.97. The van der Waals surface area contributed by atoms with Crippen LogP contribution in [0.25, 0.3) is 11.1 Å². The number of unbranched alkanes of at least 4 members (excludes halogenated alkanes) is 1. The fourth-order valence-corrected chi connectivity index (χ4v) is 1.75. The highest BCUT2D eigenvalue weighted by molar-refractivity contribution is 6.17. The maximum Gasteiger partial charge on any atom is 0.298 e. The molecule has 0 fully saturated rings. The number of halogens is 1. The van der Waals surface area contributed by atoms with Crippen LogP contribution >= 0.6 is 11.6 Å². The number of para-hydroxylation sites is 2. The summed E-state index contributed by atoms with van der Waals surface area (Å²) in [5.74, 6) is 0.710. The van der Waals surface area contributed by atoms with Crippen LogP contribution in [0, 0.1) is 0 Å². The van der Waals surface area contributed by atoms with Crippen molar-refractivity contribution in [2.45, 2.75) is 12.8 Å². The molecule has 0 aliphatic carbocycles. The van der Waals surface area contributed by atoms with Crippen LogP contribution in [0.1, 0.15) is 12.8 Å². The number of hydrogen-bond donors (Lipinski definition) is 0. The van der Waals surface area contributed by atoms with Crippen molar-refractivity contribution in [3.05, 3.63) is 24.3 Å². The zero-order valence-corrected chi connectivity index (χ0v) is 10.1. The maximum absolute atomic E-state index is 5.64. The van der Waals surface area contributed by atoms with Gasteiger partial charge >= 0.3 is 0 Å². The molecule has 0 radical (unpaired) electrons. The summed E-state index contributed by atoms with van der Waals surface area (Å²) in [6, 6.07) is 8.47. The number of alkyl halides is 1. The molecule has 0 atom stereocenters. The highest BCUT2D eigenvalue weighted by atomic mass is 35.5. The number of fused-ring (bicyclic) bond motifs is 1. The lowest BCUT2D eigenvalue weighted by molar-refractivity contribution is 0.577. The zero-order valence-electron chi connectivity index (χ0n) is 9.32. The van der Waals surface area contributed by atoms with Gasteiger partial charge in [-0.1, -0.05) is 12.1 Å². The summed E-state index contributed by atoms with van der Waals surface area (Å²) in [5.41, 5.74) is 1.74. The van der Waals surface area contributed by atoms with E-state index in [1.165, 1.54) is 0 Å². The number of anilines is 1. The first-order chi connectivity index (χ1) is 7.81. The lowest BCUT2D eigenvalue weighted by Crippen LogP contribution is -2.18. The van der Waals surface area contributed by atoms with Gasteiger partial charge in [-0.25, -0.2) is 0 Å². The Kier molecular flexibility index (Phi) is 3.67. The van der Waals surface area contributed by atoms with Crippen LogP contribution < -0.4 is 4.90 Å². The first kappa shape index (κ1) is 11.3. The molecule has 0 saturated carbocycles. The van der Waals surface area contributed by atoms with Crippen LogP contribution in [0.5, 0.6) is 0 Å². The summed E-state index contributed by atoms with van der Waals surface area (Å²) < 4.78 is 5.64. The van der Waals surface area contributed by atoms with Gasteiger partial charge in [-0.15, -0.1) is 11.6 Å². The van der Waals surface area contributed by atoms with Crippen LogP contribution in [-0.2, 0) is 0 Å². The quantitative estimate of drug-likeness (QED) is 0.591. The second-order valence-electron chi connectivity index (χ2n) is 3.78. The molecule has 0 unspecified atom stereocenters. The molecular formula is C12H15ClN2O. The Labute approximate surface area is 100 Å². The molecule has 0 spiro atoms.